The van der Waals surface area contributed by atoms with Gasteiger partial charge in [-0.25, -0.2) is 8.42 Å². The monoisotopic (exact) mass is 347 g/mol. The molecule has 1 saturated heterocycles. The number of aliphatic hydroxyl groups is 1. The second-order valence-corrected chi connectivity index (χ2v) is 7.79. The molecule has 0 aromatic heterocycles. The molecule has 1 aliphatic carbocycles. The van der Waals surface area contributed by atoms with Crippen molar-refractivity contribution in [1.82, 2.24) is 4.31 Å². The summed E-state index contributed by atoms with van der Waals surface area (Å²) in [6.07, 6.45) is 3.03. The molecule has 1 heterocycles. The fraction of sp³-hybridized carbons (Fsp3) is 0.294. The molecule has 0 bridgehead atoms. The van der Waals surface area contributed by atoms with Crippen LogP contribution in [0.1, 0.15) is 18.4 Å². The second kappa shape index (κ2) is 6.33. The Morgan fingerprint density at radius 2 is 1.83 bits per heavy atom. The first kappa shape index (κ1) is 16.6. The summed E-state index contributed by atoms with van der Waals surface area (Å²) < 4.78 is 26.8. The van der Waals surface area contributed by atoms with Crippen LogP contribution < -0.4 is 0 Å². The van der Waals surface area contributed by atoms with E-state index in [0.717, 1.165) is 12.2 Å². The summed E-state index contributed by atoms with van der Waals surface area (Å²) in [4.78, 5) is 23.7. The van der Waals surface area contributed by atoms with Crippen molar-refractivity contribution in [2.75, 3.05) is 6.54 Å². The van der Waals surface area contributed by atoms with Gasteiger partial charge in [0.2, 0.25) is 15.8 Å². The number of benzene rings is 1. The van der Waals surface area contributed by atoms with Crippen LogP contribution in [0.4, 0.5) is 0 Å². The molecule has 6 nitrogen and oxygen atoms in total. The van der Waals surface area contributed by atoms with E-state index in [1.165, 1.54) is 4.31 Å². The van der Waals surface area contributed by atoms with Gasteiger partial charge in [0.15, 0.2) is 11.5 Å². The molecule has 24 heavy (non-hydrogen) atoms. The van der Waals surface area contributed by atoms with Crippen LogP contribution in [0.3, 0.4) is 0 Å². The molecular formula is C17H17NO5S. The van der Waals surface area contributed by atoms with E-state index in [9.17, 15) is 23.1 Å². The minimum Gasteiger partial charge on any atom is -0.504 e. The average Bonchev–Trinajstić information content (AvgIpc) is 3.02. The highest BCUT2D eigenvalue weighted by molar-refractivity contribution is 7.88. The van der Waals surface area contributed by atoms with E-state index in [2.05, 4.69) is 0 Å². The van der Waals surface area contributed by atoms with Gasteiger partial charge in [-0.05, 0) is 24.5 Å². The molecule has 0 radical (unpaired) electrons. The Kier molecular flexibility index (Phi) is 4.38. The van der Waals surface area contributed by atoms with Gasteiger partial charge in [0.05, 0.1) is 11.8 Å². The minimum absolute atomic E-state index is 0.0501. The molecular weight excluding hydrogens is 330 g/mol. The molecule has 0 unspecified atom stereocenters. The topological polar surface area (TPSA) is 91.8 Å². The molecule has 1 aliphatic heterocycles. The minimum atomic E-state index is -3.64. The summed E-state index contributed by atoms with van der Waals surface area (Å²) >= 11 is 0. The highest BCUT2D eigenvalue weighted by atomic mass is 32.2. The van der Waals surface area contributed by atoms with Crippen molar-refractivity contribution >= 4 is 21.6 Å². The summed E-state index contributed by atoms with van der Waals surface area (Å²) in [5.41, 5.74) is 0.708. The van der Waals surface area contributed by atoms with Gasteiger partial charge < -0.3 is 5.11 Å². The zero-order chi connectivity index (χ0) is 17.3. The number of hydrogen-bond donors (Lipinski definition) is 1. The number of nitrogens with zero attached hydrogens (tertiary/aromatic N) is 1. The van der Waals surface area contributed by atoms with Crippen molar-refractivity contribution < 1.29 is 23.1 Å². The van der Waals surface area contributed by atoms with Crippen molar-refractivity contribution in [2.45, 2.75) is 24.6 Å². The van der Waals surface area contributed by atoms with Gasteiger partial charge in [-0.2, -0.15) is 4.31 Å². The van der Waals surface area contributed by atoms with Crippen molar-refractivity contribution in [2.24, 2.45) is 0 Å². The van der Waals surface area contributed by atoms with Gasteiger partial charge in [0.25, 0.3) is 0 Å². The zero-order valence-corrected chi connectivity index (χ0v) is 13.7. The Morgan fingerprint density at radius 3 is 2.54 bits per heavy atom. The normalized spacial score (nSPS) is 22.4. The van der Waals surface area contributed by atoms with Crippen LogP contribution in [-0.4, -0.2) is 42.0 Å². The molecule has 1 atom stereocenters. The molecule has 1 fully saturated rings. The van der Waals surface area contributed by atoms with E-state index >= 15 is 0 Å². The number of ketones is 2. The van der Waals surface area contributed by atoms with Crippen LogP contribution in [0.15, 0.2) is 53.8 Å². The van der Waals surface area contributed by atoms with Gasteiger partial charge in [0.1, 0.15) is 0 Å². The number of sulfonamides is 1. The van der Waals surface area contributed by atoms with E-state index in [1.54, 1.807) is 30.3 Å². The highest BCUT2D eigenvalue weighted by Gasteiger charge is 2.40. The number of aliphatic hydroxyl groups excluding tert-OH is 1. The van der Waals surface area contributed by atoms with Crippen molar-refractivity contribution in [3.63, 3.8) is 0 Å². The fourth-order valence-electron chi connectivity index (χ4n) is 3.11. The zero-order valence-electron chi connectivity index (χ0n) is 12.9. The Balaban J connectivity index is 1.88. The summed E-state index contributed by atoms with van der Waals surface area (Å²) in [7, 11) is -3.64. The van der Waals surface area contributed by atoms with E-state index in [0.29, 0.717) is 24.9 Å². The van der Waals surface area contributed by atoms with Crippen molar-refractivity contribution in [1.29, 1.82) is 0 Å². The van der Waals surface area contributed by atoms with Gasteiger partial charge in [-0.1, -0.05) is 30.3 Å². The number of hydrogen-bond acceptors (Lipinski definition) is 5. The lowest BCUT2D eigenvalue weighted by atomic mass is 9.94. The molecule has 0 amide bonds. The van der Waals surface area contributed by atoms with Gasteiger partial charge in [-0.15, -0.1) is 0 Å². The Labute approximate surface area is 140 Å². The predicted molar refractivity (Wildman–Crippen MR) is 87.6 cm³/mol. The highest BCUT2D eigenvalue weighted by Crippen LogP contribution is 2.30. The first-order valence-electron chi connectivity index (χ1n) is 7.63. The number of allylic oxidation sites excluding steroid dienone is 3. The van der Waals surface area contributed by atoms with E-state index in [-0.39, 0.29) is 11.3 Å². The molecule has 1 aromatic rings. The van der Waals surface area contributed by atoms with Crippen LogP contribution in [0.5, 0.6) is 0 Å². The van der Waals surface area contributed by atoms with Gasteiger partial charge >= 0.3 is 0 Å². The lowest BCUT2D eigenvalue weighted by Crippen LogP contribution is -2.40. The van der Waals surface area contributed by atoms with E-state index < -0.39 is 33.4 Å². The van der Waals surface area contributed by atoms with Crippen LogP contribution >= 0.6 is 0 Å². The van der Waals surface area contributed by atoms with Crippen LogP contribution in [0.25, 0.3) is 0 Å². The molecule has 0 saturated carbocycles. The summed E-state index contributed by atoms with van der Waals surface area (Å²) in [5, 5.41) is 9.59. The van der Waals surface area contributed by atoms with Gasteiger partial charge in [0, 0.05) is 18.2 Å². The molecule has 2 aliphatic rings. The Morgan fingerprint density at radius 1 is 1.12 bits per heavy atom. The summed E-state index contributed by atoms with van der Waals surface area (Å²) in [5.74, 6) is -1.98. The Bertz CT molecular complexity index is 839. The molecule has 126 valence electrons. The van der Waals surface area contributed by atoms with Crippen LogP contribution in [0.2, 0.25) is 0 Å². The Hall–Kier alpha value is -2.25. The molecule has 3 rings (SSSR count). The number of carbonyl (C=O) groups excluding carboxylic acids is 2. The third-order valence-corrected chi connectivity index (χ3v) is 6.03. The van der Waals surface area contributed by atoms with Gasteiger partial charge in [-0.3, -0.25) is 9.59 Å². The quantitative estimate of drug-likeness (QED) is 0.834. The first-order chi connectivity index (χ1) is 11.4. The predicted octanol–water partition coefficient (Wildman–Crippen LogP) is 1.50. The largest absolute Gasteiger partial charge is 0.504 e. The summed E-state index contributed by atoms with van der Waals surface area (Å²) in [6, 6.07) is 8.09. The molecule has 1 N–H and O–H groups in total. The maximum absolute atomic E-state index is 12.8. The van der Waals surface area contributed by atoms with Crippen LogP contribution in [-0.2, 0) is 25.4 Å². The fourth-order valence-corrected chi connectivity index (χ4v) is 4.90. The summed E-state index contributed by atoms with van der Waals surface area (Å²) in [6.45, 7) is 0.295. The third-order valence-electron chi connectivity index (χ3n) is 4.18. The molecule has 0 spiro atoms. The number of rotatable bonds is 4. The number of Topliss-reactive ketones (excluding diaryl/α,β-unsaturated/α-hetero) is 1. The molecule has 7 heteroatoms. The standard InChI is InChI=1S/C17H17NO5S/c19-13-9-14(17(21)16(20)10-13)15-7-4-8-18(15)24(22,23)11-12-5-2-1-3-6-12/h1-3,5-6,9-10,15,20H,4,7-8,11H2/t15-/m0/s1. The second-order valence-electron chi connectivity index (χ2n) is 5.87. The lowest BCUT2D eigenvalue weighted by molar-refractivity contribution is -0.117. The first-order valence-corrected chi connectivity index (χ1v) is 9.24. The van der Waals surface area contributed by atoms with Crippen molar-refractivity contribution in [3.8, 4) is 0 Å². The van der Waals surface area contributed by atoms with Crippen molar-refractivity contribution in [3.05, 3.63) is 59.4 Å². The van der Waals surface area contributed by atoms with E-state index in [1.807, 2.05) is 0 Å². The van der Waals surface area contributed by atoms with E-state index in [4.69, 9.17) is 0 Å². The lowest BCUT2D eigenvalue weighted by Gasteiger charge is -2.26. The van der Waals surface area contributed by atoms with Crippen LogP contribution in [0, 0.1) is 0 Å². The maximum atomic E-state index is 12.8. The average molecular weight is 347 g/mol. The third kappa shape index (κ3) is 3.18. The molecule has 1 aromatic carbocycles. The number of carbonyl (C=O) groups is 2. The maximum Gasteiger partial charge on any atom is 0.225 e. The SMILES string of the molecule is O=C1C=C(O)C(=O)C([C@@H]2CCCN2S(=O)(=O)Cc2ccccc2)=C1. The smallest absolute Gasteiger partial charge is 0.225 e.